The summed E-state index contributed by atoms with van der Waals surface area (Å²) in [6.07, 6.45) is 0. The van der Waals surface area contributed by atoms with Crippen LogP contribution in [0.3, 0.4) is 0 Å². The molecule has 0 spiro atoms. The Bertz CT molecular complexity index is 3090. The van der Waals surface area contributed by atoms with Gasteiger partial charge < -0.3 is 13.6 Å². The van der Waals surface area contributed by atoms with Crippen molar-refractivity contribution in [2.75, 3.05) is 0 Å². The largest absolute Gasteiger partial charge is 0.456 e. The maximum absolute atomic E-state index is 6.34. The number of aromatic nitrogens is 2. The van der Waals surface area contributed by atoms with E-state index in [0.717, 1.165) is 33.3 Å². The van der Waals surface area contributed by atoms with Crippen molar-refractivity contribution in [2.45, 2.75) is 0 Å². The van der Waals surface area contributed by atoms with Gasteiger partial charge in [0, 0.05) is 32.6 Å². The van der Waals surface area contributed by atoms with Crippen LogP contribution in [0.25, 0.3) is 98.8 Å². The maximum atomic E-state index is 6.34. The van der Waals surface area contributed by atoms with Crippen LogP contribution in [0.15, 0.2) is 174 Å². The molecule has 3 heterocycles. The maximum Gasteiger partial charge on any atom is 0.137 e. The van der Waals surface area contributed by atoms with Gasteiger partial charge in [-0.1, -0.05) is 115 Å². The zero-order valence-corrected chi connectivity index (χ0v) is 26.5. The fourth-order valence-electron chi connectivity index (χ4n) is 8.18. The second-order valence-electron chi connectivity index (χ2n) is 12.9. The summed E-state index contributed by atoms with van der Waals surface area (Å²) in [5.74, 6) is 0. The van der Waals surface area contributed by atoms with Gasteiger partial charge in [0.05, 0.1) is 33.1 Å². The Morgan fingerprint density at radius 3 is 1.71 bits per heavy atom. The summed E-state index contributed by atoms with van der Waals surface area (Å²) in [6, 6.07) is 61.3. The second kappa shape index (κ2) is 9.96. The topological polar surface area (TPSA) is 23.0 Å². The minimum absolute atomic E-state index is 0.897. The van der Waals surface area contributed by atoms with Crippen LogP contribution in [-0.2, 0) is 0 Å². The SMILES string of the molecule is c1ccc2c(-c3ccc(-n4c5ccccc5c5cc6c(cc54)c4ccccc4n6-c4cccc5oc6ccccc6c45)cc3)cccc2c1. The first-order chi connectivity index (χ1) is 24.3. The first-order valence-electron chi connectivity index (χ1n) is 16.8. The fraction of sp³-hybridized carbons (Fsp3) is 0. The molecule has 0 bridgehead atoms. The van der Waals surface area contributed by atoms with Gasteiger partial charge in [0.1, 0.15) is 11.2 Å². The van der Waals surface area contributed by atoms with E-state index in [9.17, 15) is 0 Å². The molecule has 8 aromatic carbocycles. The monoisotopic (exact) mass is 624 g/mol. The number of furan rings is 1. The Morgan fingerprint density at radius 1 is 0.367 bits per heavy atom. The minimum Gasteiger partial charge on any atom is -0.456 e. The van der Waals surface area contributed by atoms with E-state index in [1.54, 1.807) is 0 Å². The van der Waals surface area contributed by atoms with Crippen LogP contribution in [0.2, 0.25) is 0 Å². The predicted octanol–water partition coefficient (Wildman–Crippen LogP) is 12.6. The first kappa shape index (κ1) is 26.5. The molecule has 3 nitrogen and oxygen atoms in total. The Labute approximate surface area is 281 Å². The van der Waals surface area contributed by atoms with Crippen LogP contribution in [0.5, 0.6) is 0 Å². The fourth-order valence-corrected chi connectivity index (χ4v) is 8.18. The minimum atomic E-state index is 0.897. The molecule has 49 heavy (non-hydrogen) atoms. The molecule has 0 aliphatic heterocycles. The zero-order chi connectivity index (χ0) is 32.1. The Hall–Kier alpha value is -6.58. The lowest BCUT2D eigenvalue weighted by Crippen LogP contribution is -1.95. The highest BCUT2D eigenvalue weighted by molar-refractivity contribution is 6.20. The van der Waals surface area contributed by atoms with Gasteiger partial charge in [-0.2, -0.15) is 0 Å². The molecule has 0 saturated carbocycles. The van der Waals surface area contributed by atoms with Crippen molar-refractivity contribution in [3.8, 4) is 22.5 Å². The third kappa shape index (κ3) is 3.73. The molecule has 228 valence electrons. The standard InChI is InChI=1S/C46H28N2O/c1-2-13-32-29(11-1)12-9-17-33(32)30-23-25-31(26-24-30)47-39-18-6-3-14-34(39)37-28-43-38(27-42(37)47)35-15-4-7-19-40(35)48(43)41-20-10-22-45-46(41)36-16-5-8-21-44(36)49-45/h1-28H. The van der Waals surface area contributed by atoms with Crippen LogP contribution in [0, 0.1) is 0 Å². The van der Waals surface area contributed by atoms with Crippen LogP contribution in [-0.4, -0.2) is 9.13 Å². The van der Waals surface area contributed by atoms with E-state index >= 15 is 0 Å². The highest BCUT2D eigenvalue weighted by atomic mass is 16.3. The summed E-state index contributed by atoms with van der Waals surface area (Å²) in [6.45, 7) is 0. The van der Waals surface area contributed by atoms with E-state index in [1.807, 2.05) is 6.07 Å². The van der Waals surface area contributed by atoms with E-state index < -0.39 is 0 Å². The molecule has 0 saturated heterocycles. The molecule has 0 amide bonds. The molecule has 11 aromatic rings. The van der Waals surface area contributed by atoms with Gasteiger partial charge in [-0.15, -0.1) is 0 Å². The number of para-hydroxylation sites is 3. The molecule has 0 unspecified atom stereocenters. The number of fused-ring (bicyclic) bond motifs is 10. The lowest BCUT2D eigenvalue weighted by atomic mass is 9.98. The van der Waals surface area contributed by atoms with Crippen molar-refractivity contribution >= 4 is 76.3 Å². The highest BCUT2D eigenvalue weighted by Crippen LogP contribution is 2.42. The van der Waals surface area contributed by atoms with E-state index in [1.165, 1.54) is 65.5 Å². The summed E-state index contributed by atoms with van der Waals surface area (Å²) in [7, 11) is 0. The second-order valence-corrected chi connectivity index (χ2v) is 12.9. The Balaban J connectivity index is 1.18. The van der Waals surface area contributed by atoms with E-state index in [2.05, 4.69) is 173 Å². The van der Waals surface area contributed by atoms with Crippen molar-refractivity contribution in [1.29, 1.82) is 0 Å². The molecular formula is C46H28N2O. The number of nitrogens with zero attached hydrogens (tertiary/aromatic N) is 2. The normalized spacial score (nSPS) is 12.1. The average Bonchev–Trinajstić information content (AvgIpc) is 3.81. The summed E-state index contributed by atoms with van der Waals surface area (Å²) in [4.78, 5) is 0. The predicted molar refractivity (Wildman–Crippen MR) is 205 cm³/mol. The smallest absolute Gasteiger partial charge is 0.137 e. The third-order valence-corrected chi connectivity index (χ3v) is 10.3. The Morgan fingerprint density at radius 2 is 0.939 bits per heavy atom. The number of hydrogen-bond donors (Lipinski definition) is 0. The molecule has 0 atom stereocenters. The molecule has 0 aliphatic rings. The van der Waals surface area contributed by atoms with Crippen LogP contribution in [0.1, 0.15) is 0 Å². The lowest BCUT2D eigenvalue weighted by molar-refractivity contribution is 0.669. The molecule has 0 N–H and O–H groups in total. The van der Waals surface area contributed by atoms with Crippen molar-refractivity contribution in [3.05, 3.63) is 170 Å². The van der Waals surface area contributed by atoms with Crippen molar-refractivity contribution < 1.29 is 4.42 Å². The summed E-state index contributed by atoms with van der Waals surface area (Å²) in [5, 5.41) is 9.71. The van der Waals surface area contributed by atoms with Gasteiger partial charge in [-0.3, -0.25) is 0 Å². The zero-order valence-electron chi connectivity index (χ0n) is 26.5. The molecular weight excluding hydrogens is 597 g/mol. The van der Waals surface area contributed by atoms with Crippen molar-refractivity contribution in [1.82, 2.24) is 9.13 Å². The number of hydrogen-bond acceptors (Lipinski definition) is 1. The van der Waals surface area contributed by atoms with Gasteiger partial charge >= 0.3 is 0 Å². The molecule has 11 rings (SSSR count). The lowest BCUT2D eigenvalue weighted by Gasteiger charge is -2.11. The van der Waals surface area contributed by atoms with Crippen molar-refractivity contribution in [2.24, 2.45) is 0 Å². The van der Waals surface area contributed by atoms with Gasteiger partial charge in [0.2, 0.25) is 0 Å². The molecule has 0 radical (unpaired) electrons. The average molecular weight is 625 g/mol. The van der Waals surface area contributed by atoms with Gasteiger partial charge in [-0.25, -0.2) is 0 Å². The van der Waals surface area contributed by atoms with Crippen LogP contribution in [0.4, 0.5) is 0 Å². The molecule has 0 aliphatic carbocycles. The molecule has 0 fully saturated rings. The summed E-state index contributed by atoms with van der Waals surface area (Å²) >= 11 is 0. The van der Waals surface area contributed by atoms with Gasteiger partial charge in [0.15, 0.2) is 0 Å². The van der Waals surface area contributed by atoms with E-state index in [-0.39, 0.29) is 0 Å². The van der Waals surface area contributed by atoms with Gasteiger partial charge in [-0.05, 0) is 76.5 Å². The van der Waals surface area contributed by atoms with Crippen LogP contribution < -0.4 is 0 Å². The summed E-state index contributed by atoms with van der Waals surface area (Å²) < 4.78 is 11.2. The molecule has 3 heteroatoms. The number of benzene rings is 8. The third-order valence-electron chi connectivity index (χ3n) is 10.3. The van der Waals surface area contributed by atoms with E-state index in [0.29, 0.717) is 0 Å². The van der Waals surface area contributed by atoms with Crippen LogP contribution >= 0.6 is 0 Å². The number of rotatable bonds is 3. The Kier molecular flexibility index (Phi) is 5.38. The highest BCUT2D eigenvalue weighted by Gasteiger charge is 2.20. The van der Waals surface area contributed by atoms with E-state index in [4.69, 9.17) is 4.42 Å². The first-order valence-corrected chi connectivity index (χ1v) is 16.8. The quantitative estimate of drug-likeness (QED) is 0.192. The van der Waals surface area contributed by atoms with Gasteiger partial charge in [0.25, 0.3) is 0 Å². The summed E-state index contributed by atoms with van der Waals surface area (Å²) in [5.41, 5.74) is 11.3. The van der Waals surface area contributed by atoms with Crippen molar-refractivity contribution in [3.63, 3.8) is 0 Å². The molecule has 3 aromatic heterocycles.